The van der Waals surface area contributed by atoms with Gasteiger partial charge in [0.05, 0.1) is 0 Å². The van der Waals surface area contributed by atoms with E-state index in [2.05, 4.69) is 9.47 Å². The van der Waals surface area contributed by atoms with Crippen molar-refractivity contribution in [3.05, 3.63) is 0 Å². The van der Waals surface area contributed by atoms with Gasteiger partial charge in [0, 0.05) is 7.11 Å². The van der Waals surface area contributed by atoms with E-state index in [0.717, 1.165) is 0 Å². The van der Waals surface area contributed by atoms with Crippen LogP contribution in [0.5, 0.6) is 0 Å². The third-order valence-corrected chi connectivity index (χ3v) is 2.30. The Labute approximate surface area is 137 Å². The van der Waals surface area contributed by atoms with Gasteiger partial charge in [-0.3, -0.25) is 0 Å². The van der Waals surface area contributed by atoms with Crippen LogP contribution in [0.2, 0.25) is 0 Å². The van der Waals surface area contributed by atoms with Gasteiger partial charge in [-0.1, -0.05) is 0 Å². The highest BCUT2D eigenvalue weighted by Crippen LogP contribution is 2.55. The Morgan fingerprint density at radius 1 is 0.519 bits per heavy atom. The van der Waals surface area contributed by atoms with Crippen LogP contribution in [-0.4, -0.2) is 56.2 Å². The highest BCUT2D eigenvalue weighted by molar-refractivity contribution is 4.97. The van der Waals surface area contributed by atoms with Gasteiger partial charge in [0.2, 0.25) is 0 Å². The number of halogens is 15. The summed E-state index contributed by atoms with van der Waals surface area (Å²) in [7, 11) is 0.387. The van der Waals surface area contributed by atoms with Crippen LogP contribution in [0.3, 0.4) is 0 Å². The molecule has 27 heavy (non-hydrogen) atoms. The lowest BCUT2D eigenvalue weighted by molar-refractivity contribution is -0.543. The van der Waals surface area contributed by atoms with E-state index >= 15 is 0 Å². The second-order valence-corrected chi connectivity index (χ2v) is 4.47. The monoisotopic (exact) mass is 446 g/mol. The van der Waals surface area contributed by atoms with Crippen molar-refractivity contribution >= 4 is 0 Å². The topological polar surface area (TPSA) is 27.7 Å². The molecule has 0 aliphatic rings. The molecule has 0 aliphatic carbocycles. The van der Waals surface area contributed by atoms with Gasteiger partial charge in [-0.15, -0.1) is 0 Å². The summed E-state index contributed by atoms with van der Waals surface area (Å²) in [5.74, 6) is -15.6. The first-order chi connectivity index (χ1) is 11.5. The third kappa shape index (κ3) is 5.01. The molecule has 0 fully saturated rings. The van der Waals surface area contributed by atoms with Gasteiger partial charge in [-0.05, 0) is 0 Å². The smallest absolute Gasteiger partial charge is 0.376 e. The summed E-state index contributed by atoms with van der Waals surface area (Å²) < 4.78 is 195. The van der Waals surface area contributed by atoms with E-state index in [4.69, 9.17) is 0 Å². The van der Waals surface area contributed by atoms with Crippen molar-refractivity contribution in [2.45, 2.75) is 42.5 Å². The first-order valence-corrected chi connectivity index (χ1v) is 5.70. The zero-order valence-corrected chi connectivity index (χ0v) is 12.1. The molecular formula is C9H5F15O3. The van der Waals surface area contributed by atoms with E-state index in [0.29, 0.717) is 7.11 Å². The molecule has 0 aliphatic heterocycles. The fourth-order valence-corrected chi connectivity index (χ4v) is 1.09. The lowest BCUT2D eigenvalue weighted by Crippen LogP contribution is -2.64. The van der Waals surface area contributed by atoms with Crippen molar-refractivity contribution in [2.75, 3.05) is 13.7 Å². The predicted molar refractivity (Wildman–Crippen MR) is 49.8 cm³/mol. The van der Waals surface area contributed by atoms with Crippen molar-refractivity contribution in [2.24, 2.45) is 0 Å². The Morgan fingerprint density at radius 2 is 0.889 bits per heavy atom. The predicted octanol–water partition coefficient (Wildman–Crippen LogP) is 4.87. The minimum atomic E-state index is -7.87. The first kappa shape index (κ1) is 25.8. The zero-order valence-electron chi connectivity index (χ0n) is 12.1. The van der Waals surface area contributed by atoms with Crippen molar-refractivity contribution < 1.29 is 80.1 Å². The molecule has 0 bridgehead atoms. The molecular weight excluding hydrogens is 441 g/mol. The molecule has 0 radical (unpaired) electrons. The van der Waals surface area contributed by atoms with E-state index in [1.54, 1.807) is 0 Å². The standard InChI is InChI=1S/C9H5F15O3/c1-25-2-3(10,11)26-8(21,22)9(23,24)27-7(19,20)5(14,15)4(12,13)6(16,17)18/h2H2,1H3. The number of alkyl halides is 15. The van der Waals surface area contributed by atoms with Gasteiger partial charge >= 0.3 is 42.5 Å². The fourth-order valence-electron chi connectivity index (χ4n) is 1.09. The lowest BCUT2D eigenvalue weighted by Gasteiger charge is -2.36. The molecule has 164 valence electrons. The Balaban J connectivity index is 5.82. The summed E-state index contributed by atoms with van der Waals surface area (Å²) in [4.78, 5) is 0. The summed E-state index contributed by atoms with van der Waals surface area (Å²) >= 11 is 0. The molecule has 0 N–H and O–H groups in total. The summed E-state index contributed by atoms with van der Waals surface area (Å²) in [6.45, 7) is -2.21. The molecule has 0 spiro atoms. The highest BCUT2D eigenvalue weighted by Gasteiger charge is 2.85. The molecule has 3 nitrogen and oxygen atoms in total. The highest BCUT2D eigenvalue weighted by atomic mass is 19.4. The van der Waals surface area contributed by atoms with Crippen LogP contribution in [0.4, 0.5) is 65.9 Å². The Bertz CT molecular complexity index is 511. The zero-order chi connectivity index (χ0) is 22.3. The van der Waals surface area contributed by atoms with Crippen LogP contribution in [-0.2, 0) is 14.2 Å². The van der Waals surface area contributed by atoms with Crippen LogP contribution in [0.25, 0.3) is 0 Å². The number of ether oxygens (including phenoxy) is 3. The Morgan fingerprint density at radius 3 is 1.22 bits per heavy atom. The van der Waals surface area contributed by atoms with Gasteiger partial charge in [0.15, 0.2) is 0 Å². The molecule has 0 amide bonds. The van der Waals surface area contributed by atoms with E-state index in [-0.39, 0.29) is 0 Å². The van der Waals surface area contributed by atoms with Crippen LogP contribution in [0, 0.1) is 0 Å². The van der Waals surface area contributed by atoms with E-state index in [9.17, 15) is 65.9 Å². The van der Waals surface area contributed by atoms with Crippen molar-refractivity contribution in [1.82, 2.24) is 0 Å². The maximum absolute atomic E-state index is 12.9. The summed E-state index contributed by atoms with van der Waals surface area (Å²) in [5.41, 5.74) is 0. The van der Waals surface area contributed by atoms with Crippen LogP contribution >= 0.6 is 0 Å². The van der Waals surface area contributed by atoms with Crippen LogP contribution in [0.1, 0.15) is 0 Å². The van der Waals surface area contributed by atoms with E-state index in [1.807, 2.05) is 0 Å². The summed E-state index contributed by atoms with van der Waals surface area (Å²) in [6.07, 6.45) is -34.6. The van der Waals surface area contributed by atoms with Gasteiger partial charge in [-0.25, -0.2) is 9.47 Å². The van der Waals surface area contributed by atoms with E-state index < -0.39 is 49.1 Å². The van der Waals surface area contributed by atoms with Gasteiger partial charge in [0.1, 0.15) is 6.61 Å². The second-order valence-electron chi connectivity index (χ2n) is 4.47. The third-order valence-electron chi connectivity index (χ3n) is 2.30. The van der Waals surface area contributed by atoms with E-state index in [1.165, 1.54) is 4.74 Å². The fraction of sp³-hybridized carbons (Fsp3) is 1.00. The first-order valence-electron chi connectivity index (χ1n) is 5.70. The molecule has 0 aromatic heterocycles. The van der Waals surface area contributed by atoms with Crippen LogP contribution < -0.4 is 0 Å². The summed E-state index contributed by atoms with van der Waals surface area (Å²) in [6, 6.07) is 0. The minimum absolute atomic E-state index is 0.387. The molecule has 0 saturated heterocycles. The number of methoxy groups -OCH3 is 1. The quantitative estimate of drug-likeness (QED) is 0.474. The number of hydrogen-bond donors (Lipinski definition) is 0. The average molecular weight is 446 g/mol. The largest absolute Gasteiger partial charge is 0.460 e. The minimum Gasteiger partial charge on any atom is -0.376 e. The number of hydrogen-bond acceptors (Lipinski definition) is 3. The maximum atomic E-state index is 12.9. The summed E-state index contributed by atoms with van der Waals surface area (Å²) in [5, 5.41) is 0. The van der Waals surface area contributed by atoms with Crippen molar-refractivity contribution in [1.29, 1.82) is 0 Å². The van der Waals surface area contributed by atoms with Crippen LogP contribution in [0.15, 0.2) is 0 Å². The lowest BCUT2D eigenvalue weighted by atomic mass is 10.1. The molecule has 0 aromatic carbocycles. The molecule has 0 heterocycles. The Hall–Kier alpha value is -1.17. The normalized spacial score (nSPS) is 16.0. The SMILES string of the molecule is COCC(F)(F)OC(F)(F)C(F)(F)OC(F)(F)C(F)(F)C(F)(F)C(F)(F)F. The Kier molecular flexibility index (Phi) is 6.71. The van der Waals surface area contributed by atoms with Crippen molar-refractivity contribution in [3.8, 4) is 0 Å². The molecule has 0 atom stereocenters. The number of rotatable bonds is 9. The molecule has 0 rings (SSSR count). The average Bonchev–Trinajstić information content (AvgIpc) is 2.33. The molecule has 0 aromatic rings. The van der Waals surface area contributed by atoms with Gasteiger partial charge in [0.25, 0.3) is 0 Å². The molecule has 18 heteroatoms. The van der Waals surface area contributed by atoms with Crippen molar-refractivity contribution in [3.63, 3.8) is 0 Å². The molecule has 0 saturated carbocycles. The van der Waals surface area contributed by atoms with Gasteiger partial charge < -0.3 is 4.74 Å². The second kappa shape index (κ2) is 7.02. The van der Waals surface area contributed by atoms with Gasteiger partial charge in [-0.2, -0.15) is 65.9 Å². The molecule has 0 unspecified atom stereocenters. The maximum Gasteiger partial charge on any atom is 0.460 e.